The summed E-state index contributed by atoms with van der Waals surface area (Å²) in [5, 5.41) is 0. The molecule has 0 aliphatic heterocycles. The van der Waals surface area contributed by atoms with Crippen LogP contribution < -0.4 is 10.5 Å². The van der Waals surface area contributed by atoms with E-state index in [1.165, 1.54) is 0 Å². The highest BCUT2D eigenvalue weighted by Crippen LogP contribution is 2.43. The molecule has 0 spiro atoms. The first kappa shape index (κ1) is 13.1. The van der Waals surface area contributed by atoms with Gasteiger partial charge in [-0.3, -0.25) is 4.79 Å². The maximum atomic E-state index is 12.6. The van der Waals surface area contributed by atoms with Crippen LogP contribution in [0.1, 0.15) is 40.7 Å². The standard InChI is InChI=1S/C15H21NO2/c1-10-8-13(18-3)11(2)7-12(10)14(17)15(9-16)5-4-6-15/h7-8H,4-6,9,16H2,1-3H3. The fraction of sp³-hybridized carbons (Fsp3) is 0.533. The molecule has 3 heteroatoms. The Bertz CT molecular complexity index is 470. The van der Waals surface area contributed by atoms with E-state index >= 15 is 0 Å². The normalized spacial score (nSPS) is 17.1. The number of ether oxygens (including phenoxy) is 1. The molecule has 0 heterocycles. The highest BCUT2D eigenvalue weighted by molar-refractivity contribution is 6.02. The number of carbonyl (C=O) groups excluding carboxylic acids is 1. The predicted molar refractivity (Wildman–Crippen MR) is 72.1 cm³/mol. The molecule has 18 heavy (non-hydrogen) atoms. The quantitative estimate of drug-likeness (QED) is 0.832. The van der Waals surface area contributed by atoms with E-state index in [4.69, 9.17) is 10.5 Å². The summed E-state index contributed by atoms with van der Waals surface area (Å²) in [6.07, 6.45) is 2.96. The molecule has 0 radical (unpaired) electrons. The fourth-order valence-corrected chi connectivity index (χ4v) is 2.67. The van der Waals surface area contributed by atoms with Gasteiger partial charge in [0.1, 0.15) is 5.75 Å². The summed E-state index contributed by atoms with van der Waals surface area (Å²) in [5.41, 5.74) is 8.28. The number of ketones is 1. The van der Waals surface area contributed by atoms with Crippen LogP contribution in [0.4, 0.5) is 0 Å². The number of hydrogen-bond donors (Lipinski definition) is 1. The van der Waals surface area contributed by atoms with Gasteiger partial charge in [-0.15, -0.1) is 0 Å². The first-order valence-corrected chi connectivity index (χ1v) is 6.44. The summed E-state index contributed by atoms with van der Waals surface area (Å²) < 4.78 is 5.28. The van der Waals surface area contributed by atoms with E-state index in [9.17, 15) is 4.79 Å². The first-order chi connectivity index (χ1) is 8.54. The van der Waals surface area contributed by atoms with Crippen molar-refractivity contribution in [3.05, 3.63) is 28.8 Å². The summed E-state index contributed by atoms with van der Waals surface area (Å²) in [5.74, 6) is 1.04. The number of carbonyl (C=O) groups is 1. The molecule has 0 amide bonds. The second kappa shape index (κ2) is 4.73. The van der Waals surface area contributed by atoms with Gasteiger partial charge in [0.15, 0.2) is 5.78 Å². The van der Waals surface area contributed by atoms with E-state index in [1.54, 1.807) is 7.11 Å². The van der Waals surface area contributed by atoms with Crippen LogP contribution in [0.25, 0.3) is 0 Å². The summed E-state index contributed by atoms with van der Waals surface area (Å²) >= 11 is 0. The molecule has 3 nitrogen and oxygen atoms in total. The number of benzene rings is 1. The molecule has 1 fully saturated rings. The predicted octanol–water partition coefficient (Wildman–Crippen LogP) is 2.62. The second-order valence-electron chi connectivity index (χ2n) is 5.30. The van der Waals surface area contributed by atoms with Crippen LogP contribution in [0.3, 0.4) is 0 Å². The summed E-state index contributed by atoms with van der Waals surface area (Å²) in [6.45, 7) is 4.37. The lowest BCUT2D eigenvalue weighted by molar-refractivity contribution is 0.0635. The zero-order valence-electron chi connectivity index (χ0n) is 11.4. The number of nitrogens with two attached hydrogens (primary N) is 1. The van der Waals surface area contributed by atoms with Gasteiger partial charge in [-0.25, -0.2) is 0 Å². The SMILES string of the molecule is COc1cc(C)c(C(=O)C2(CN)CCC2)cc1C. The molecule has 0 bridgehead atoms. The molecule has 1 aromatic carbocycles. The Hall–Kier alpha value is -1.35. The van der Waals surface area contributed by atoms with Crippen molar-refractivity contribution < 1.29 is 9.53 Å². The van der Waals surface area contributed by atoms with Crippen molar-refractivity contribution in [2.75, 3.05) is 13.7 Å². The second-order valence-corrected chi connectivity index (χ2v) is 5.30. The molecule has 0 aromatic heterocycles. The van der Waals surface area contributed by atoms with Gasteiger partial charge in [0, 0.05) is 17.5 Å². The van der Waals surface area contributed by atoms with Gasteiger partial charge in [-0.1, -0.05) is 6.42 Å². The van der Waals surface area contributed by atoms with Crippen molar-refractivity contribution >= 4 is 5.78 Å². The summed E-state index contributed by atoms with van der Waals surface area (Å²) in [6, 6.07) is 3.87. The Morgan fingerprint density at radius 2 is 2.00 bits per heavy atom. The van der Waals surface area contributed by atoms with Crippen LogP contribution in [0, 0.1) is 19.3 Å². The van der Waals surface area contributed by atoms with Crippen LogP contribution in [-0.4, -0.2) is 19.4 Å². The van der Waals surface area contributed by atoms with Crippen LogP contribution in [0.5, 0.6) is 5.75 Å². The van der Waals surface area contributed by atoms with Crippen LogP contribution in [-0.2, 0) is 0 Å². The molecular formula is C15H21NO2. The van der Waals surface area contributed by atoms with Crippen molar-refractivity contribution in [3.63, 3.8) is 0 Å². The minimum Gasteiger partial charge on any atom is -0.496 e. The Morgan fingerprint density at radius 1 is 1.33 bits per heavy atom. The minimum atomic E-state index is -0.300. The Kier molecular flexibility index (Phi) is 3.44. The molecule has 0 atom stereocenters. The van der Waals surface area contributed by atoms with Gasteiger partial charge < -0.3 is 10.5 Å². The van der Waals surface area contributed by atoms with Crippen LogP contribution in [0.2, 0.25) is 0 Å². The van der Waals surface area contributed by atoms with Crippen molar-refractivity contribution in [2.24, 2.45) is 11.1 Å². The van der Waals surface area contributed by atoms with Crippen molar-refractivity contribution in [3.8, 4) is 5.75 Å². The average Bonchev–Trinajstić information content (AvgIpc) is 2.30. The lowest BCUT2D eigenvalue weighted by Gasteiger charge is -2.39. The van der Waals surface area contributed by atoms with Gasteiger partial charge in [-0.2, -0.15) is 0 Å². The van der Waals surface area contributed by atoms with Crippen molar-refractivity contribution in [1.29, 1.82) is 0 Å². The molecule has 0 unspecified atom stereocenters. The van der Waals surface area contributed by atoms with E-state index in [1.807, 2.05) is 26.0 Å². The van der Waals surface area contributed by atoms with E-state index in [2.05, 4.69) is 0 Å². The van der Waals surface area contributed by atoms with Crippen molar-refractivity contribution in [1.82, 2.24) is 0 Å². The molecule has 1 aliphatic rings. The Morgan fingerprint density at radius 3 is 2.44 bits per heavy atom. The highest BCUT2D eigenvalue weighted by atomic mass is 16.5. The third-order valence-corrected chi connectivity index (χ3v) is 4.17. The fourth-order valence-electron chi connectivity index (χ4n) is 2.67. The molecule has 2 rings (SSSR count). The maximum absolute atomic E-state index is 12.6. The lowest BCUT2D eigenvalue weighted by Crippen LogP contribution is -2.44. The zero-order chi connectivity index (χ0) is 13.3. The molecule has 1 aliphatic carbocycles. The van der Waals surface area contributed by atoms with Gasteiger partial charge >= 0.3 is 0 Å². The van der Waals surface area contributed by atoms with Gasteiger partial charge in [0.05, 0.1) is 7.11 Å². The van der Waals surface area contributed by atoms with Crippen molar-refractivity contribution in [2.45, 2.75) is 33.1 Å². The Labute approximate surface area is 108 Å². The topological polar surface area (TPSA) is 52.3 Å². The molecular weight excluding hydrogens is 226 g/mol. The van der Waals surface area contributed by atoms with Gasteiger partial charge in [0.2, 0.25) is 0 Å². The lowest BCUT2D eigenvalue weighted by atomic mass is 9.64. The summed E-state index contributed by atoms with van der Waals surface area (Å²) in [4.78, 5) is 12.6. The number of aryl methyl sites for hydroxylation is 2. The largest absolute Gasteiger partial charge is 0.496 e. The average molecular weight is 247 g/mol. The maximum Gasteiger partial charge on any atom is 0.170 e. The summed E-state index contributed by atoms with van der Waals surface area (Å²) in [7, 11) is 1.65. The smallest absolute Gasteiger partial charge is 0.170 e. The van der Waals surface area contributed by atoms with Crippen LogP contribution in [0.15, 0.2) is 12.1 Å². The molecule has 1 aromatic rings. The first-order valence-electron chi connectivity index (χ1n) is 6.44. The third-order valence-electron chi connectivity index (χ3n) is 4.17. The number of rotatable bonds is 4. The van der Waals surface area contributed by atoms with E-state index in [0.29, 0.717) is 6.54 Å². The number of methoxy groups -OCH3 is 1. The third kappa shape index (κ3) is 1.93. The number of hydrogen-bond acceptors (Lipinski definition) is 3. The number of Topliss-reactive ketones (excluding diaryl/α,β-unsaturated/α-hetero) is 1. The van der Waals surface area contributed by atoms with Gasteiger partial charge in [0.25, 0.3) is 0 Å². The van der Waals surface area contributed by atoms with E-state index in [-0.39, 0.29) is 11.2 Å². The Balaban J connectivity index is 2.39. The van der Waals surface area contributed by atoms with Gasteiger partial charge in [-0.05, 0) is 49.9 Å². The van der Waals surface area contributed by atoms with Crippen LogP contribution >= 0.6 is 0 Å². The van der Waals surface area contributed by atoms with E-state index < -0.39 is 0 Å². The van der Waals surface area contributed by atoms with E-state index in [0.717, 1.165) is 41.7 Å². The molecule has 1 saturated carbocycles. The zero-order valence-corrected chi connectivity index (χ0v) is 11.4. The molecule has 2 N–H and O–H groups in total. The molecule has 98 valence electrons. The monoisotopic (exact) mass is 247 g/mol. The minimum absolute atomic E-state index is 0.208. The molecule has 0 saturated heterocycles. The highest BCUT2D eigenvalue weighted by Gasteiger charge is 2.43.